The Kier molecular flexibility index (Phi) is 7.96. The topological polar surface area (TPSA) is 169 Å². The van der Waals surface area contributed by atoms with Gasteiger partial charge in [-0.25, -0.2) is 4.39 Å². The predicted molar refractivity (Wildman–Crippen MR) is 126 cm³/mol. The fourth-order valence-electron chi connectivity index (χ4n) is 4.14. The second kappa shape index (κ2) is 10.3. The molecular formula is C21H20Cl2FNO9S. The van der Waals surface area contributed by atoms with Crippen LogP contribution in [0.25, 0.3) is 22.3 Å². The van der Waals surface area contributed by atoms with Crippen LogP contribution in [-0.4, -0.2) is 64.0 Å². The molecule has 10 nitrogen and oxygen atoms in total. The molecule has 0 unspecified atom stereocenters. The van der Waals surface area contributed by atoms with Gasteiger partial charge in [-0.3, -0.25) is 13.9 Å². The van der Waals surface area contributed by atoms with Crippen LogP contribution in [0.3, 0.4) is 0 Å². The van der Waals surface area contributed by atoms with Crippen molar-refractivity contribution in [3.8, 4) is 22.8 Å². The number of benzene rings is 2. The highest BCUT2D eigenvalue weighted by atomic mass is 35.5. The number of phenols is 2. The van der Waals surface area contributed by atoms with Gasteiger partial charge in [0, 0.05) is 35.2 Å². The lowest BCUT2D eigenvalue weighted by Crippen LogP contribution is -2.32. The van der Waals surface area contributed by atoms with Gasteiger partial charge < -0.3 is 24.6 Å². The number of nitrogens with zero attached hydrogens (tertiary/aromatic N) is 1. The molecule has 1 aliphatic heterocycles. The summed E-state index contributed by atoms with van der Waals surface area (Å²) in [5.74, 6) is -1.82. The zero-order valence-corrected chi connectivity index (χ0v) is 20.3. The largest absolute Gasteiger partial charge is 0.507 e. The minimum atomic E-state index is -4.67. The van der Waals surface area contributed by atoms with E-state index < -0.39 is 27.4 Å². The lowest BCUT2D eigenvalue weighted by Gasteiger charge is -2.24. The summed E-state index contributed by atoms with van der Waals surface area (Å²) in [6, 6.07) is 4.13. The van der Waals surface area contributed by atoms with Gasteiger partial charge in [-0.1, -0.05) is 23.2 Å². The van der Waals surface area contributed by atoms with Gasteiger partial charge in [-0.15, -0.1) is 0 Å². The zero-order chi connectivity index (χ0) is 26.2. The van der Waals surface area contributed by atoms with E-state index in [1.165, 1.54) is 6.07 Å². The molecule has 14 heteroatoms. The Balaban J connectivity index is 0.000000623. The van der Waals surface area contributed by atoms with E-state index in [1.54, 1.807) is 0 Å². The molecular weight excluding hydrogens is 532 g/mol. The lowest BCUT2D eigenvalue weighted by molar-refractivity contribution is 0.172. The Labute approximate surface area is 208 Å². The van der Waals surface area contributed by atoms with Crippen molar-refractivity contribution in [2.45, 2.75) is 18.4 Å². The average Bonchev–Trinajstić information content (AvgIpc) is 3.08. The normalized spacial score (nSPS) is 18.5. The minimum Gasteiger partial charge on any atom is -0.507 e. The smallest absolute Gasteiger partial charge is 0.394 e. The summed E-state index contributed by atoms with van der Waals surface area (Å²) in [7, 11) is -2.82. The van der Waals surface area contributed by atoms with Gasteiger partial charge in [0.15, 0.2) is 5.43 Å². The molecule has 1 fully saturated rings. The van der Waals surface area contributed by atoms with E-state index >= 15 is 0 Å². The maximum atomic E-state index is 14.0. The molecule has 3 aromatic rings. The summed E-state index contributed by atoms with van der Waals surface area (Å²) in [5.41, 5.74) is -0.201. The predicted octanol–water partition coefficient (Wildman–Crippen LogP) is 3.44. The van der Waals surface area contributed by atoms with Crippen LogP contribution < -0.4 is 5.43 Å². The van der Waals surface area contributed by atoms with Crippen LogP contribution in [0.5, 0.6) is 11.5 Å². The molecule has 5 N–H and O–H groups in total. The fraction of sp³-hybridized carbons (Fsp3) is 0.286. The van der Waals surface area contributed by atoms with Crippen molar-refractivity contribution in [3.63, 3.8) is 0 Å². The number of rotatable bonds is 3. The number of likely N-dealkylation sites (tertiary alicyclic amines) is 1. The minimum absolute atomic E-state index is 0.0276. The number of aliphatic hydroxyl groups excluding tert-OH is 1. The third kappa shape index (κ3) is 5.86. The van der Waals surface area contributed by atoms with Gasteiger partial charge in [-0.2, -0.15) is 8.42 Å². The van der Waals surface area contributed by atoms with Crippen molar-refractivity contribution in [2.24, 2.45) is 0 Å². The maximum Gasteiger partial charge on any atom is 0.394 e. The number of fused-ring (bicyclic) bond motifs is 1. The molecule has 190 valence electrons. The average molecular weight is 552 g/mol. The summed E-state index contributed by atoms with van der Waals surface area (Å²) in [4.78, 5) is 14.8. The number of hydrogen-bond acceptors (Lipinski definition) is 8. The van der Waals surface area contributed by atoms with Crippen molar-refractivity contribution >= 4 is 44.6 Å². The van der Waals surface area contributed by atoms with E-state index in [1.807, 2.05) is 11.9 Å². The number of hydrogen-bond donors (Lipinski definition) is 5. The first kappa shape index (κ1) is 27.1. The van der Waals surface area contributed by atoms with Crippen LogP contribution in [0.4, 0.5) is 4.39 Å². The standard InChI is InChI=1S/C21H18Cl2FNO5.H2O4S/c1-25-3-2-9(14(25)8-26)19-15(27)6-16(28)20-17(29)7-18(30-21(19)20)10-4-13(24)12(23)5-11(10)22;1-5(2,3)4/h4-7,9,14,26-28H,2-3,8H2,1H3;(H2,1,2,3,4)/t9-,14+;/m0./s1. The summed E-state index contributed by atoms with van der Waals surface area (Å²) in [5, 5.41) is 30.5. The van der Waals surface area contributed by atoms with Gasteiger partial charge in [0.05, 0.1) is 16.7 Å². The Bertz CT molecular complexity index is 1440. The molecule has 1 saturated heterocycles. The first-order valence-electron chi connectivity index (χ1n) is 9.91. The summed E-state index contributed by atoms with van der Waals surface area (Å²) < 4.78 is 51.5. The second-order valence-corrected chi connectivity index (χ2v) is 9.54. The Hall–Kier alpha value is -2.45. The van der Waals surface area contributed by atoms with Crippen LogP contribution in [0.2, 0.25) is 10.0 Å². The SMILES string of the molecule is CN1CC[C@H](c2c(O)cc(O)c3c(=O)cc(-c4cc(F)c(Cl)cc4Cl)oc23)[C@H]1CO.O=S(=O)(O)O. The Morgan fingerprint density at radius 1 is 1.11 bits per heavy atom. The molecule has 1 aromatic heterocycles. The Morgan fingerprint density at radius 3 is 2.34 bits per heavy atom. The zero-order valence-electron chi connectivity index (χ0n) is 17.9. The Morgan fingerprint density at radius 2 is 1.74 bits per heavy atom. The van der Waals surface area contributed by atoms with E-state index in [9.17, 15) is 24.5 Å². The van der Waals surface area contributed by atoms with Crippen LogP contribution >= 0.6 is 23.2 Å². The second-order valence-electron chi connectivity index (χ2n) is 7.83. The molecule has 0 aliphatic carbocycles. The lowest BCUT2D eigenvalue weighted by atomic mass is 9.89. The summed E-state index contributed by atoms with van der Waals surface area (Å²) in [6.07, 6.45) is 0.597. The highest BCUT2D eigenvalue weighted by Gasteiger charge is 2.36. The van der Waals surface area contributed by atoms with E-state index in [4.69, 9.17) is 45.1 Å². The molecule has 0 bridgehead atoms. The van der Waals surface area contributed by atoms with Gasteiger partial charge in [0.1, 0.15) is 34.0 Å². The van der Waals surface area contributed by atoms with E-state index in [-0.39, 0.29) is 56.7 Å². The van der Waals surface area contributed by atoms with Gasteiger partial charge in [-0.05, 0) is 32.1 Å². The van der Waals surface area contributed by atoms with Crippen molar-refractivity contribution in [1.29, 1.82) is 0 Å². The van der Waals surface area contributed by atoms with Crippen molar-refractivity contribution in [1.82, 2.24) is 4.90 Å². The molecule has 0 amide bonds. The molecule has 0 spiro atoms. The van der Waals surface area contributed by atoms with Crippen molar-refractivity contribution in [3.05, 3.63) is 55.9 Å². The molecule has 0 radical (unpaired) electrons. The quantitative estimate of drug-likeness (QED) is 0.240. The van der Waals surface area contributed by atoms with Gasteiger partial charge in [0.2, 0.25) is 0 Å². The van der Waals surface area contributed by atoms with E-state index in [0.29, 0.717) is 18.5 Å². The van der Waals surface area contributed by atoms with E-state index in [0.717, 1.165) is 18.2 Å². The molecule has 1 aliphatic rings. The van der Waals surface area contributed by atoms with Crippen LogP contribution in [0.15, 0.2) is 33.5 Å². The van der Waals surface area contributed by atoms with Crippen LogP contribution in [0, 0.1) is 5.82 Å². The van der Waals surface area contributed by atoms with E-state index in [2.05, 4.69) is 0 Å². The summed E-state index contributed by atoms with van der Waals surface area (Å²) in [6.45, 7) is 0.497. The molecule has 0 saturated carbocycles. The number of halogens is 3. The van der Waals surface area contributed by atoms with Gasteiger partial charge >= 0.3 is 10.4 Å². The molecule has 2 atom stereocenters. The van der Waals surface area contributed by atoms with Gasteiger partial charge in [0.25, 0.3) is 0 Å². The van der Waals surface area contributed by atoms with Crippen LogP contribution in [0.1, 0.15) is 17.9 Å². The number of aliphatic hydroxyl groups is 1. The molecule has 2 heterocycles. The number of phenolic OH excluding ortho intramolecular Hbond substituents is 2. The maximum absolute atomic E-state index is 14.0. The fourth-order valence-corrected chi connectivity index (χ4v) is 4.61. The first-order chi connectivity index (χ1) is 16.2. The van der Waals surface area contributed by atoms with Crippen molar-refractivity contribution in [2.75, 3.05) is 20.2 Å². The first-order valence-corrected chi connectivity index (χ1v) is 12.1. The third-order valence-corrected chi connectivity index (χ3v) is 6.26. The highest BCUT2D eigenvalue weighted by molar-refractivity contribution is 7.79. The van der Waals surface area contributed by atoms with Crippen molar-refractivity contribution < 1.29 is 41.7 Å². The van der Waals surface area contributed by atoms with Crippen LogP contribution in [-0.2, 0) is 10.4 Å². The number of aromatic hydroxyl groups is 2. The summed E-state index contributed by atoms with van der Waals surface area (Å²) >= 11 is 11.9. The molecule has 4 rings (SSSR count). The third-order valence-electron chi connectivity index (χ3n) is 5.65. The monoisotopic (exact) mass is 551 g/mol. The number of likely N-dealkylation sites (N-methyl/N-ethyl adjacent to an activating group) is 1. The highest BCUT2D eigenvalue weighted by Crippen LogP contribution is 2.44. The molecule has 2 aromatic carbocycles. The molecule has 35 heavy (non-hydrogen) atoms.